The zero-order valence-corrected chi connectivity index (χ0v) is 10.4. The predicted molar refractivity (Wildman–Crippen MR) is 69.8 cm³/mol. The van der Waals surface area contributed by atoms with Crippen LogP contribution in [0.1, 0.15) is 43.6 Å². The van der Waals surface area contributed by atoms with Crippen LogP contribution in [0.3, 0.4) is 0 Å². The maximum atomic E-state index is 11.0. The number of carbonyl (C=O) groups is 1. The number of carbonyl (C=O) groups excluding carboxylic acids is 1. The SMILES string of the molecule is CCCCC(C)Nc1nc(C(N)=O)ccc1N. The quantitative estimate of drug-likeness (QED) is 0.701. The van der Waals surface area contributed by atoms with E-state index in [4.69, 9.17) is 11.5 Å². The largest absolute Gasteiger partial charge is 0.396 e. The highest BCUT2D eigenvalue weighted by molar-refractivity contribution is 5.91. The third-order valence-electron chi connectivity index (χ3n) is 2.55. The molecule has 0 fully saturated rings. The van der Waals surface area contributed by atoms with E-state index in [0.717, 1.165) is 19.3 Å². The van der Waals surface area contributed by atoms with Crippen molar-refractivity contribution in [3.05, 3.63) is 17.8 Å². The number of nitrogens with one attached hydrogen (secondary N) is 1. The molecule has 0 radical (unpaired) electrons. The summed E-state index contributed by atoms with van der Waals surface area (Å²) in [5.74, 6) is -0.0147. The molecule has 1 atom stereocenters. The van der Waals surface area contributed by atoms with Crippen LogP contribution in [0.5, 0.6) is 0 Å². The molecule has 1 aromatic rings. The third-order valence-corrected chi connectivity index (χ3v) is 2.55. The molecule has 1 aromatic heterocycles. The van der Waals surface area contributed by atoms with Gasteiger partial charge in [0.05, 0.1) is 5.69 Å². The van der Waals surface area contributed by atoms with Gasteiger partial charge >= 0.3 is 0 Å². The van der Waals surface area contributed by atoms with Crippen LogP contribution < -0.4 is 16.8 Å². The van der Waals surface area contributed by atoms with Gasteiger partial charge in [-0.1, -0.05) is 19.8 Å². The van der Waals surface area contributed by atoms with E-state index in [9.17, 15) is 4.79 Å². The van der Waals surface area contributed by atoms with Crippen LogP contribution >= 0.6 is 0 Å². The van der Waals surface area contributed by atoms with Crippen molar-refractivity contribution < 1.29 is 4.79 Å². The number of hydrogen-bond acceptors (Lipinski definition) is 4. The van der Waals surface area contributed by atoms with Crippen LogP contribution in [0.4, 0.5) is 11.5 Å². The Balaban J connectivity index is 2.75. The van der Waals surface area contributed by atoms with Crippen molar-refractivity contribution in [2.24, 2.45) is 5.73 Å². The molecule has 1 rings (SSSR count). The molecule has 0 spiro atoms. The Morgan fingerprint density at radius 2 is 2.24 bits per heavy atom. The van der Waals surface area contributed by atoms with Crippen molar-refractivity contribution in [2.75, 3.05) is 11.1 Å². The van der Waals surface area contributed by atoms with E-state index in [-0.39, 0.29) is 11.7 Å². The molecular weight excluding hydrogens is 216 g/mol. The Labute approximate surface area is 102 Å². The Hall–Kier alpha value is -1.78. The van der Waals surface area contributed by atoms with Gasteiger partial charge in [-0.15, -0.1) is 0 Å². The normalized spacial score (nSPS) is 12.1. The standard InChI is InChI=1S/C12H20N4O/c1-3-4-5-8(2)15-12-9(13)6-7-10(16-12)11(14)17/h6-8H,3-5,13H2,1-2H3,(H2,14,17)(H,15,16). The van der Waals surface area contributed by atoms with Crippen molar-refractivity contribution in [3.8, 4) is 0 Å². The van der Waals surface area contributed by atoms with Gasteiger partial charge in [0.1, 0.15) is 11.5 Å². The molecule has 0 aromatic carbocycles. The Morgan fingerprint density at radius 1 is 1.53 bits per heavy atom. The monoisotopic (exact) mass is 236 g/mol. The highest BCUT2D eigenvalue weighted by atomic mass is 16.1. The fourth-order valence-corrected chi connectivity index (χ4v) is 1.54. The van der Waals surface area contributed by atoms with Crippen molar-refractivity contribution >= 4 is 17.4 Å². The average molecular weight is 236 g/mol. The number of hydrogen-bond donors (Lipinski definition) is 3. The number of rotatable bonds is 6. The molecule has 5 nitrogen and oxygen atoms in total. The molecular formula is C12H20N4O. The van der Waals surface area contributed by atoms with Crippen LogP contribution in [-0.4, -0.2) is 16.9 Å². The summed E-state index contributed by atoms with van der Waals surface area (Å²) >= 11 is 0. The third kappa shape index (κ3) is 3.94. The molecule has 5 heteroatoms. The number of anilines is 2. The predicted octanol–water partition coefficient (Wildman–Crippen LogP) is 1.75. The number of pyridine rings is 1. The second kappa shape index (κ2) is 6.08. The van der Waals surface area contributed by atoms with E-state index in [1.54, 1.807) is 6.07 Å². The van der Waals surface area contributed by atoms with Gasteiger partial charge in [-0.05, 0) is 25.5 Å². The van der Waals surface area contributed by atoms with Gasteiger partial charge < -0.3 is 16.8 Å². The summed E-state index contributed by atoms with van der Waals surface area (Å²) in [6, 6.07) is 3.44. The summed E-state index contributed by atoms with van der Waals surface area (Å²) in [6.45, 7) is 4.21. The Kier molecular flexibility index (Phi) is 4.75. The molecule has 1 amide bonds. The molecule has 94 valence electrons. The minimum atomic E-state index is -0.547. The zero-order valence-electron chi connectivity index (χ0n) is 10.4. The summed E-state index contributed by atoms with van der Waals surface area (Å²) in [4.78, 5) is 15.1. The second-order valence-electron chi connectivity index (χ2n) is 4.19. The minimum Gasteiger partial charge on any atom is -0.396 e. The van der Waals surface area contributed by atoms with Gasteiger partial charge in [0.25, 0.3) is 5.91 Å². The molecule has 1 heterocycles. The van der Waals surface area contributed by atoms with Crippen LogP contribution in [0.2, 0.25) is 0 Å². The van der Waals surface area contributed by atoms with E-state index in [1.807, 2.05) is 0 Å². The number of primary amides is 1. The van der Waals surface area contributed by atoms with Crippen molar-refractivity contribution in [1.82, 2.24) is 4.98 Å². The zero-order chi connectivity index (χ0) is 12.8. The highest BCUT2D eigenvalue weighted by Gasteiger charge is 2.09. The number of unbranched alkanes of at least 4 members (excludes halogenated alkanes) is 1. The summed E-state index contributed by atoms with van der Waals surface area (Å²) in [5.41, 5.74) is 11.7. The Morgan fingerprint density at radius 3 is 2.82 bits per heavy atom. The molecule has 0 saturated heterocycles. The molecule has 0 aliphatic rings. The van der Waals surface area contributed by atoms with E-state index in [1.165, 1.54) is 6.07 Å². The molecule has 0 aliphatic carbocycles. The fourth-order valence-electron chi connectivity index (χ4n) is 1.54. The number of aromatic nitrogens is 1. The van der Waals surface area contributed by atoms with Gasteiger partial charge in [-0.25, -0.2) is 4.98 Å². The molecule has 5 N–H and O–H groups in total. The second-order valence-corrected chi connectivity index (χ2v) is 4.19. The van der Waals surface area contributed by atoms with E-state index >= 15 is 0 Å². The van der Waals surface area contributed by atoms with Crippen LogP contribution in [0.15, 0.2) is 12.1 Å². The summed E-state index contributed by atoms with van der Waals surface area (Å²) in [7, 11) is 0. The summed E-state index contributed by atoms with van der Waals surface area (Å²) in [5, 5.41) is 3.20. The highest BCUT2D eigenvalue weighted by Crippen LogP contribution is 2.17. The van der Waals surface area contributed by atoms with E-state index in [0.29, 0.717) is 11.5 Å². The van der Waals surface area contributed by atoms with Crippen LogP contribution in [0, 0.1) is 0 Å². The topological polar surface area (TPSA) is 94.0 Å². The van der Waals surface area contributed by atoms with Gasteiger partial charge in [-0.2, -0.15) is 0 Å². The van der Waals surface area contributed by atoms with Crippen molar-refractivity contribution in [1.29, 1.82) is 0 Å². The average Bonchev–Trinajstić information content (AvgIpc) is 2.29. The van der Waals surface area contributed by atoms with Gasteiger partial charge in [0.2, 0.25) is 0 Å². The minimum absolute atomic E-state index is 0.226. The summed E-state index contributed by atoms with van der Waals surface area (Å²) in [6.07, 6.45) is 3.33. The van der Waals surface area contributed by atoms with Gasteiger partial charge in [0.15, 0.2) is 0 Å². The Bertz CT molecular complexity index is 392. The van der Waals surface area contributed by atoms with Gasteiger partial charge in [0, 0.05) is 6.04 Å². The lowest BCUT2D eigenvalue weighted by Crippen LogP contribution is -2.19. The first-order valence-electron chi connectivity index (χ1n) is 5.87. The maximum absolute atomic E-state index is 11.0. The number of nitrogen functional groups attached to an aromatic ring is 1. The maximum Gasteiger partial charge on any atom is 0.267 e. The van der Waals surface area contributed by atoms with E-state index < -0.39 is 5.91 Å². The number of nitrogens with zero attached hydrogens (tertiary/aromatic N) is 1. The lowest BCUT2D eigenvalue weighted by Gasteiger charge is -2.15. The lowest BCUT2D eigenvalue weighted by atomic mass is 10.1. The molecule has 0 aliphatic heterocycles. The van der Waals surface area contributed by atoms with Crippen molar-refractivity contribution in [3.63, 3.8) is 0 Å². The lowest BCUT2D eigenvalue weighted by molar-refractivity contribution is 0.0995. The smallest absolute Gasteiger partial charge is 0.267 e. The fraction of sp³-hybridized carbons (Fsp3) is 0.500. The first-order valence-corrected chi connectivity index (χ1v) is 5.87. The number of nitrogens with two attached hydrogens (primary N) is 2. The number of amides is 1. The molecule has 17 heavy (non-hydrogen) atoms. The van der Waals surface area contributed by atoms with Crippen LogP contribution in [-0.2, 0) is 0 Å². The molecule has 0 saturated carbocycles. The molecule has 0 bridgehead atoms. The molecule has 1 unspecified atom stereocenters. The first kappa shape index (κ1) is 13.3. The van der Waals surface area contributed by atoms with E-state index in [2.05, 4.69) is 24.1 Å². The first-order chi connectivity index (χ1) is 8.04. The van der Waals surface area contributed by atoms with Crippen molar-refractivity contribution in [2.45, 2.75) is 39.2 Å². The summed E-state index contributed by atoms with van der Waals surface area (Å²) < 4.78 is 0. The van der Waals surface area contributed by atoms with Crippen LogP contribution in [0.25, 0.3) is 0 Å². The van der Waals surface area contributed by atoms with Gasteiger partial charge in [-0.3, -0.25) is 4.79 Å².